The molecule has 0 bridgehead atoms. The molecule has 112 valence electrons. The number of aromatic nitrogens is 2. The average molecular weight is 284 g/mol. The number of nitrogens with zero attached hydrogens (tertiary/aromatic N) is 3. The maximum Gasteiger partial charge on any atom is 0.0678 e. The Labute approximate surface area is 126 Å². The molecule has 1 saturated heterocycles. The van der Waals surface area contributed by atoms with Crippen LogP contribution in [0.15, 0.2) is 36.5 Å². The van der Waals surface area contributed by atoms with E-state index in [-0.39, 0.29) is 0 Å². The van der Waals surface area contributed by atoms with E-state index in [1.54, 1.807) is 0 Å². The van der Waals surface area contributed by atoms with Gasteiger partial charge in [0.05, 0.1) is 11.4 Å². The summed E-state index contributed by atoms with van der Waals surface area (Å²) in [6.07, 6.45) is 4.50. The molecule has 1 atom stereocenters. The van der Waals surface area contributed by atoms with Gasteiger partial charge in [-0.15, -0.1) is 0 Å². The van der Waals surface area contributed by atoms with Crippen LogP contribution in [-0.4, -0.2) is 40.9 Å². The van der Waals surface area contributed by atoms with Crippen LogP contribution < -0.4 is 5.32 Å². The minimum absolute atomic E-state index is 0.648. The van der Waals surface area contributed by atoms with Crippen molar-refractivity contribution < 1.29 is 0 Å². The summed E-state index contributed by atoms with van der Waals surface area (Å²) in [6.45, 7) is 5.37. The molecule has 0 spiro atoms. The summed E-state index contributed by atoms with van der Waals surface area (Å²) in [4.78, 5) is 2.57. The highest BCUT2D eigenvalue weighted by molar-refractivity contribution is 5.40. The molecule has 1 N–H and O–H groups in total. The van der Waals surface area contributed by atoms with Crippen molar-refractivity contribution in [2.75, 3.05) is 20.1 Å². The molecule has 4 heteroatoms. The van der Waals surface area contributed by atoms with Gasteiger partial charge >= 0.3 is 0 Å². The van der Waals surface area contributed by atoms with Gasteiger partial charge in [-0.25, -0.2) is 4.68 Å². The fourth-order valence-corrected chi connectivity index (χ4v) is 3.25. The van der Waals surface area contributed by atoms with Crippen LogP contribution in [0.3, 0.4) is 0 Å². The predicted octanol–water partition coefficient (Wildman–Crippen LogP) is 2.36. The third-order valence-electron chi connectivity index (χ3n) is 4.37. The smallest absolute Gasteiger partial charge is 0.0678 e. The molecule has 1 unspecified atom stereocenters. The lowest BCUT2D eigenvalue weighted by atomic mass is 10.2. The van der Waals surface area contributed by atoms with E-state index in [0.717, 1.165) is 13.1 Å². The van der Waals surface area contributed by atoms with Gasteiger partial charge in [0.2, 0.25) is 0 Å². The summed E-state index contributed by atoms with van der Waals surface area (Å²) in [5.41, 5.74) is 3.71. The lowest BCUT2D eigenvalue weighted by Crippen LogP contribution is -2.36. The molecule has 2 aromatic rings. The van der Waals surface area contributed by atoms with E-state index in [4.69, 9.17) is 0 Å². The molecule has 0 saturated carbocycles. The first kappa shape index (κ1) is 14.3. The van der Waals surface area contributed by atoms with Crippen molar-refractivity contribution in [1.29, 1.82) is 0 Å². The first-order chi connectivity index (χ1) is 10.3. The molecular weight excluding hydrogens is 260 g/mol. The Hall–Kier alpha value is -1.65. The minimum atomic E-state index is 0.648. The second-order valence-corrected chi connectivity index (χ2v) is 5.85. The zero-order valence-electron chi connectivity index (χ0n) is 12.9. The summed E-state index contributed by atoms with van der Waals surface area (Å²) in [7, 11) is 2.04. The number of hydrogen-bond acceptors (Lipinski definition) is 3. The van der Waals surface area contributed by atoms with Gasteiger partial charge in [0, 0.05) is 25.3 Å². The molecule has 1 aromatic heterocycles. The van der Waals surface area contributed by atoms with Crippen LogP contribution in [0.4, 0.5) is 0 Å². The van der Waals surface area contributed by atoms with E-state index < -0.39 is 0 Å². The molecule has 0 amide bonds. The number of rotatable bonds is 5. The normalized spacial score (nSPS) is 19.2. The van der Waals surface area contributed by atoms with E-state index in [9.17, 15) is 0 Å². The molecular formula is C17H24N4. The van der Waals surface area contributed by atoms with Gasteiger partial charge in [0.25, 0.3) is 0 Å². The molecule has 3 rings (SSSR count). The van der Waals surface area contributed by atoms with Crippen LogP contribution in [0.2, 0.25) is 0 Å². The fraction of sp³-hybridized carbons (Fsp3) is 0.471. The summed E-state index contributed by atoms with van der Waals surface area (Å²) in [5.74, 6) is 0. The number of likely N-dealkylation sites (N-methyl/N-ethyl adjacent to an activating group) is 1. The number of aryl methyl sites for hydroxylation is 1. The Balaban J connectivity index is 1.82. The second kappa shape index (κ2) is 6.41. The van der Waals surface area contributed by atoms with Crippen LogP contribution in [0.5, 0.6) is 0 Å². The molecule has 4 nitrogen and oxygen atoms in total. The van der Waals surface area contributed by atoms with Crippen molar-refractivity contribution in [2.45, 2.75) is 32.4 Å². The Morgan fingerprint density at radius 1 is 1.29 bits per heavy atom. The second-order valence-electron chi connectivity index (χ2n) is 5.85. The first-order valence-electron chi connectivity index (χ1n) is 7.77. The van der Waals surface area contributed by atoms with Crippen molar-refractivity contribution in [3.8, 4) is 5.69 Å². The third kappa shape index (κ3) is 3.01. The number of hydrogen-bond donors (Lipinski definition) is 1. The van der Waals surface area contributed by atoms with Gasteiger partial charge in [0.1, 0.15) is 0 Å². The highest BCUT2D eigenvalue weighted by Crippen LogP contribution is 2.21. The molecule has 1 aliphatic heterocycles. The SMILES string of the molecule is CNCC1CCCN1Cc1ccnn1-c1ccccc1C. The van der Waals surface area contributed by atoms with Gasteiger partial charge in [-0.05, 0) is 51.1 Å². The van der Waals surface area contributed by atoms with Gasteiger partial charge in [0.15, 0.2) is 0 Å². The molecule has 0 aliphatic carbocycles. The Morgan fingerprint density at radius 2 is 2.14 bits per heavy atom. The monoisotopic (exact) mass is 284 g/mol. The standard InChI is InChI=1S/C17H24N4/c1-14-6-3-4-8-17(14)21-16(9-10-19-21)13-20-11-5-7-15(20)12-18-2/h3-4,6,8-10,15,18H,5,7,11-13H2,1-2H3. The number of likely N-dealkylation sites (tertiary alicyclic amines) is 1. The molecule has 1 fully saturated rings. The van der Waals surface area contributed by atoms with Crippen molar-refractivity contribution in [2.24, 2.45) is 0 Å². The topological polar surface area (TPSA) is 33.1 Å². The van der Waals surface area contributed by atoms with Crippen molar-refractivity contribution in [3.05, 3.63) is 47.8 Å². The van der Waals surface area contributed by atoms with E-state index in [0.29, 0.717) is 6.04 Å². The predicted molar refractivity (Wildman–Crippen MR) is 85.7 cm³/mol. The highest BCUT2D eigenvalue weighted by Gasteiger charge is 2.24. The van der Waals surface area contributed by atoms with E-state index in [1.807, 2.05) is 13.2 Å². The molecule has 2 heterocycles. The molecule has 0 radical (unpaired) electrons. The van der Waals surface area contributed by atoms with Gasteiger partial charge in [-0.1, -0.05) is 18.2 Å². The summed E-state index contributed by atoms with van der Waals surface area (Å²) < 4.78 is 2.09. The Bertz CT molecular complexity index is 590. The van der Waals surface area contributed by atoms with E-state index in [2.05, 4.69) is 57.3 Å². The van der Waals surface area contributed by atoms with Gasteiger partial charge in [-0.2, -0.15) is 5.10 Å². The number of benzene rings is 1. The highest BCUT2D eigenvalue weighted by atomic mass is 15.3. The molecule has 21 heavy (non-hydrogen) atoms. The third-order valence-corrected chi connectivity index (χ3v) is 4.37. The zero-order valence-corrected chi connectivity index (χ0v) is 12.9. The fourth-order valence-electron chi connectivity index (χ4n) is 3.25. The average Bonchev–Trinajstić information content (AvgIpc) is 3.11. The van der Waals surface area contributed by atoms with Gasteiger partial charge < -0.3 is 5.32 Å². The van der Waals surface area contributed by atoms with Crippen LogP contribution >= 0.6 is 0 Å². The summed E-state index contributed by atoms with van der Waals surface area (Å²) in [5, 5.41) is 7.85. The summed E-state index contributed by atoms with van der Waals surface area (Å²) in [6, 6.07) is 11.2. The molecule has 1 aromatic carbocycles. The Kier molecular flexibility index (Phi) is 4.36. The van der Waals surface area contributed by atoms with Crippen molar-refractivity contribution in [3.63, 3.8) is 0 Å². The molecule has 1 aliphatic rings. The van der Waals surface area contributed by atoms with Crippen LogP contribution in [0.1, 0.15) is 24.1 Å². The largest absolute Gasteiger partial charge is 0.318 e. The van der Waals surface area contributed by atoms with E-state index in [1.165, 1.54) is 36.3 Å². The zero-order chi connectivity index (χ0) is 14.7. The van der Waals surface area contributed by atoms with E-state index >= 15 is 0 Å². The maximum atomic E-state index is 4.53. The Morgan fingerprint density at radius 3 is 2.95 bits per heavy atom. The minimum Gasteiger partial charge on any atom is -0.318 e. The lowest BCUT2D eigenvalue weighted by Gasteiger charge is -2.24. The van der Waals surface area contributed by atoms with Crippen molar-refractivity contribution in [1.82, 2.24) is 20.0 Å². The van der Waals surface area contributed by atoms with Gasteiger partial charge in [-0.3, -0.25) is 4.90 Å². The number of para-hydroxylation sites is 1. The number of nitrogens with one attached hydrogen (secondary N) is 1. The van der Waals surface area contributed by atoms with Crippen LogP contribution in [0.25, 0.3) is 5.69 Å². The first-order valence-corrected chi connectivity index (χ1v) is 7.77. The van der Waals surface area contributed by atoms with Crippen molar-refractivity contribution >= 4 is 0 Å². The van der Waals surface area contributed by atoms with Crippen LogP contribution in [-0.2, 0) is 6.54 Å². The quantitative estimate of drug-likeness (QED) is 0.915. The lowest BCUT2D eigenvalue weighted by molar-refractivity contribution is 0.237. The maximum absolute atomic E-state index is 4.53. The van der Waals surface area contributed by atoms with Crippen LogP contribution in [0, 0.1) is 6.92 Å². The summed E-state index contributed by atoms with van der Waals surface area (Å²) >= 11 is 0.